The van der Waals surface area contributed by atoms with Gasteiger partial charge >= 0.3 is 0 Å². The van der Waals surface area contributed by atoms with Crippen molar-refractivity contribution in [3.63, 3.8) is 0 Å². The minimum Gasteiger partial charge on any atom is -0.497 e. The molecular weight excluding hydrogens is 604 g/mol. The van der Waals surface area contributed by atoms with E-state index < -0.39 is 10.0 Å². The SMILES string of the molecule is COc1ccc(CN(c2ncns2)S(=O)(=O)c2ccc3c(c2)OCC[C@H]3N2CC[C@@H](C)C[C@H]2c2ccc(F)cc2)c(OC)c1. The second-order valence-corrected chi connectivity index (χ2v) is 13.8. The van der Waals surface area contributed by atoms with E-state index in [4.69, 9.17) is 14.2 Å². The number of anilines is 1. The molecule has 0 bridgehead atoms. The second kappa shape index (κ2) is 12.7. The van der Waals surface area contributed by atoms with Crippen LogP contribution in [0.5, 0.6) is 17.2 Å². The van der Waals surface area contributed by atoms with E-state index in [9.17, 15) is 12.8 Å². The molecule has 44 heavy (non-hydrogen) atoms. The van der Waals surface area contributed by atoms with E-state index in [1.54, 1.807) is 37.4 Å². The fourth-order valence-electron chi connectivity index (χ4n) is 6.20. The van der Waals surface area contributed by atoms with Gasteiger partial charge < -0.3 is 14.2 Å². The van der Waals surface area contributed by atoms with Gasteiger partial charge in [-0.05, 0) is 61.2 Å². The van der Waals surface area contributed by atoms with Crippen molar-refractivity contribution in [1.82, 2.24) is 14.3 Å². The van der Waals surface area contributed by atoms with Gasteiger partial charge in [0.25, 0.3) is 10.0 Å². The third-order valence-electron chi connectivity index (χ3n) is 8.51. The van der Waals surface area contributed by atoms with Crippen LogP contribution in [-0.4, -0.2) is 50.0 Å². The van der Waals surface area contributed by atoms with Crippen molar-refractivity contribution in [2.24, 2.45) is 5.92 Å². The molecule has 9 nitrogen and oxygen atoms in total. The number of ether oxygens (including phenoxy) is 3. The van der Waals surface area contributed by atoms with Crippen molar-refractivity contribution >= 4 is 26.7 Å². The first kappa shape index (κ1) is 30.3. The summed E-state index contributed by atoms with van der Waals surface area (Å²) in [6.07, 6.45) is 4.14. The Morgan fingerprint density at radius 3 is 2.59 bits per heavy atom. The first-order valence-electron chi connectivity index (χ1n) is 14.6. The minimum absolute atomic E-state index is 0.0173. The van der Waals surface area contributed by atoms with Gasteiger partial charge in [0.05, 0.1) is 32.3 Å². The number of likely N-dealkylation sites (tertiary alicyclic amines) is 1. The summed E-state index contributed by atoms with van der Waals surface area (Å²) in [5.74, 6) is 1.95. The molecule has 0 N–H and O–H groups in total. The zero-order valence-corrected chi connectivity index (χ0v) is 26.5. The smallest absolute Gasteiger partial charge is 0.266 e. The molecule has 0 amide bonds. The van der Waals surface area contributed by atoms with Crippen molar-refractivity contribution in [2.75, 3.05) is 31.7 Å². The quantitative estimate of drug-likeness (QED) is 0.208. The van der Waals surface area contributed by atoms with E-state index >= 15 is 0 Å². The molecule has 0 radical (unpaired) electrons. The van der Waals surface area contributed by atoms with E-state index in [-0.39, 0.29) is 34.5 Å². The van der Waals surface area contributed by atoms with Crippen molar-refractivity contribution in [3.05, 3.63) is 89.5 Å². The van der Waals surface area contributed by atoms with Crippen LogP contribution in [0.25, 0.3) is 0 Å². The molecule has 232 valence electrons. The highest BCUT2D eigenvalue weighted by Gasteiger charge is 2.37. The van der Waals surface area contributed by atoms with Crippen LogP contribution in [0.3, 0.4) is 0 Å². The molecule has 0 saturated carbocycles. The van der Waals surface area contributed by atoms with Gasteiger partial charge in [0.2, 0.25) is 5.13 Å². The second-order valence-electron chi connectivity index (χ2n) is 11.2. The summed E-state index contributed by atoms with van der Waals surface area (Å²) in [7, 11) is -0.988. The summed E-state index contributed by atoms with van der Waals surface area (Å²) in [6.45, 7) is 3.60. The lowest BCUT2D eigenvalue weighted by Gasteiger charge is -2.45. The largest absolute Gasteiger partial charge is 0.497 e. The van der Waals surface area contributed by atoms with Crippen LogP contribution in [0.4, 0.5) is 9.52 Å². The Bertz CT molecular complexity index is 1700. The molecule has 3 heterocycles. The van der Waals surface area contributed by atoms with Crippen LogP contribution < -0.4 is 18.5 Å². The van der Waals surface area contributed by atoms with E-state index in [2.05, 4.69) is 21.2 Å². The zero-order chi connectivity index (χ0) is 30.8. The monoisotopic (exact) mass is 638 g/mol. The molecule has 1 saturated heterocycles. The minimum atomic E-state index is -4.08. The van der Waals surface area contributed by atoms with E-state index in [0.29, 0.717) is 35.3 Å². The van der Waals surface area contributed by atoms with Crippen LogP contribution in [0.2, 0.25) is 0 Å². The summed E-state index contributed by atoms with van der Waals surface area (Å²) in [5.41, 5.74) is 2.69. The standard InChI is InChI=1S/C32H35FN4O5S2/c1-21-12-14-36(29(16-21)22-4-7-24(33)8-5-22)28-13-15-42-31-18-26(10-11-27(28)31)44(38,39)37(32-34-20-35-43-32)19-23-6-9-25(40-2)17-30(23)41-3/h4-11,17-18,20-21,28-29H,12-16,19H2,1-3H3/t21-,28-,29+/m1/s1. The van der Waals surface area contributed by atoms with Gasteiger partial charge in [-0.1, -0.05) is 25.1 Å². The maximum atomic E-state index is 14.2. The number of nitrogens with zero attached hydrogens (tertiary/aromatic N) is 4. The molecule has 3 aromatic carbocycles. The fraction of sp³-hybridized carbons (Fsp3) is 0.375. The van der Waals surface area contributed by atoms with Gasteiger partial charge in [0.15, 0.2) is 0 Å². The molecule has 1 fully saturated rings. The summed E-state index contributed by atoms with van der Waals surface area (Å²) in [6, 6.07) is 17.4. The van der Waals surface area contributed by atoms with E-state index in [1.165, 1.54) is 29.9 Å². The number of aromatic nitrogens is 2. The fourth-order valence-corrected chi connectivity index (χ4v) is 8.34. The summed E-state index contributed by atoms with van der Waals surface area (Å²) >= 11 is 0.999. The first-order valence-corrected chi connectivity index (χ1v) is 16.8. The molecule has 3 atom stereocenters. The number of rotatable bonds is 9. The lowest BCUT2D eigenvalue weighted by molar-refractivity contribution is 0.0487. The molecule has 0 aliphatic carbocycles. The molecule has 6 rings (SSSR count). The lowest BCUT2D eigenvalue weighted by Crippen LogP contribution is -2.40. The Hall–Kier alpha value is -3.74. The van der Waals surface area contributed by atoms with Gasteiger partial charge in [-0.2, -0.15) is 4.37 Å². The molecule has 2 aliphatic heterocycles. The average Bonchev–Trinajstić information content (AvgIpc) is 3.58. The summed E-state index contributed by atoms with van der Waals surface area (Å²) in [5, 5.41) is 0.240. The number of fused-ring (bicyclic) bond motifs is 1. The van der Waals surface area contributed by atoms with Gasteiger partial charge in [0.1, 0.15) is 29.4 Å². The van der Waals surface area contributed by atoms with Crippen LogP contribution in [0, 0.1) is 11.7 Å². The number of sulfonamides is 1. The number of methoxy groups -OCH3 is 2. The molecule has 1 aromatic heterocycles. The maximum absolute atomic E-state index is 14.2. The van der Waals surface area contributed by atoms with Crippen LogP contribution >= 0.6 is 11.5 Å². The van der Waals surface area contributed by atoms with Crippen molar-refractivity contribution in [3.8, 4) is 17.2 Å². The van der Waals surface area contributed by atoms with Crippen molar-refractivity contribution in [2.45, 2.75) is 49.7 Å². The van der Waals surface area contributed by atoms with Gasteiger partial charge in [-0.25, -0.2) is 22.1 Å². The van der Waals surface area contributed by atoms with Crippen LogP contribution in [0.15, 0.2) is 71.9 Å². The van der Waals surface area contributed by atoms with E-state index in [0.717, 1.165) is 48.5 Å². The molecular formula is C32H35FN4O5S2. The van der Waals surface area contributed by atoms with Gasteiger partial charge in [-0.15, -0.1) is 0 Å². The Morgan fingerprint density at radius 2 is 1.86 bits per heavy atom. The molecule has 2 aliphatic rings. The van der Waals surface area contributed by atoms with Crippen molar-refractivity contribution in [1.29, 1.82) is 0 Å². The molecule has 4 aromatic rings. The number of piperidine rings is 1. The number of hydrogen-bond donors (Lipinski definition) is 0. The Labute approximate surface area is 261 Å². The molecule has 0 spiro atoms. The first-order chi connectivity index (χ1) is 21.3. The third kappa shape index (κ3) is 5.98. The average molecular weight is 639 g/mol. The topological polar surface area (TPSA) is 94.1 Å². The normalized spacial score (nSPS) is 20.4. The van der Waals surface area contributed by atoms with Crippen LogP contribution in [0.1, 0.15) is 55.0 Å². The molecule has 12 heteroatoms. The zero-order valence-electron chi connectivity index (χ0n) is 24.9. The number of hydrogen-bond acceptors (Lipinski definition) is 9. The number of halogens is 1. The van der Waals surface area contributed by atoms with Gasteiger partial charge in [0, 0.05) is 53.3 Å². The highest BCUT2D eigenvalue weighted by molar-refractivity contribution is 7.93. The molecule has 0 unspecified atom stereocenters. The highest BCUT2D eigenvalue weighted by atomic mass is 32.2. The summed E-state index contributed by atoms with van der Waals surface area (Å²) in [4.78, 5) is 6.81. The van der Waals surface area contributed by atoms with Crippen molar-refractivity contribution < 1.29 is 27.0 Å². The number of benzene rings is 3. The Morgan fingerprint density at radius 1 is 1.05 bits per heavy atom. The van der Waals surface area contributed by atoms with E-state index in [1.807, 2.05) is 18.2 Å². The predicted octanol–water partition coefficient (Wildman–Crippen LogP) is 6.39. The highest BCUT2D eigenvalue weighted by Crippen LogP contribution is 2.45. The predicted molar refractivity (Wildman–Crippen MR) is 166 cm³/mol. The lowest BCUT2D eigenvalue weighted by atomic mass is 9.85. The maximum Gasteiger partial charge on any atom is 0.266 e. The summed E-state index contributed by atoms with van der Waals surface area (Å²) < 4.78 is 64.5. The van der Waals surface area contributed by atoms with Crippen LogP contribution in [-0.2, 0) is 16.6 Å². The Kier molecular flexibility index (Phi) is 8.75. The Balaban J connectivity index is 1.33. The van der Waals surface area contributed by atoms with Gasteiger partial charge in [-0.3, -0.25) is 4.90 Å². The third-order valence-corrected chi connectivity index (χ3v) is 11.0.